The molecule has 1 saturated heterocycles. The summed E-state index contributed by atoms with van der Waals surface area (Å²) in [7, 11) is 1.30. The average Bonchev–Trinajstić information content (AvgIpc) is 2.85. The number of ether oxygens (including phenoxy) is 1. The van der Waals surface area contributed by atoms with Crippen LogP contribution in [0.2, 0.25) is 0 Å². The van der Waals surface area contributed by atoms with Crippen molar-refractivity contribution in [3.63, 3.8) is 0 Å². The lowest BCUT2D eigenvalue weighted by Crippen LogP contribution is -2.50. The number of rotatable bonds is 7. The van der Waals surface area contributed by atoms with Crippen molar-refractivity contribution < 1.29 is 24.2 Å². The number of esters is 1. The Hall–Kier alpha value is -2.41. The molecule has 3 atom stereocenters. The predicted octanol–water partition coefficient (Wildman–Crippen LogP) is 0.0921. The van der Waals surface area contributed by atoms with Gasteiger partial charge in [0.25, 0.3) is 0 Å². The number of carboxylic acid groups (broad SMARTS) is 1. The highest BCUT2D eigenvalue weighted by Crippen LogP contribution is 2.14. The highest BCUT2D eigenvalue weighted by atomic mass is 16.5. The highest BCUT2D eigenvalue weighted by molar-refractivity contribution is 5.82. The average molecular weight is 320 g/mol. The SMILES string of the molecule is COC(=O)[C@H](Cc1ccccc1)N[C@H]1CC(=O)N[C@@H]1CC(=O)O. The zero-order chi connectivity index (χ0) is 16.8. The fourth-order valence-electron chi connectivity index (χ4n) is 2.73. The first-order valence-electron chi connectivity index (χ1n) is 7.38. The topological polar surface area (TPSA) is 105 Å². The predicted molar refractivity (Wildman–Crippen MR) is 81.7 cm³/mol. The van der Waals surface area contributed by atoms with E-state index in [9.17, 15) is 14.4 Å². The summed E-state index contributed by atoms with van der Waals surface area (Å²) in [6.07, 6.45) is 0.348. The van der Waals surface area contributed by atoms with Gasteiger partial charge in [0.05, 0.1) is 19.6 Å². The Bertz CT molecular complexity index is 575. The molecule has 0 saturated carbocycles. The first-order valence-corrected chi connectivity index (χ1v) is 7.38. The fraction of sp³-hybridized carbons (Fsp3) is 0.438. The van der Waals surface area contributed by atoms with Gasteiger partial charge in [-0.1, -0.05) is 30.3 Å². The number of amides is 1. The van der Waals surface area contributed by atoms with E-state index in [1.807, 2.05) is 30.3 Å². The molecular formula is C16H20N2O5. The van der Waals surface area contributed by atoms with E-state index < -0.39 is 30.1 Å². The van der Waals surface area contributed by atoms with Crippen LogP contribution in [0, 0.1) is 0 Å². The minimum atomic E-state index is -0.998. The first kappa shape index (κ1) is 17.0. The summed E-state index contributed by atoms with van der Waals surface area (Å²) in [5, 5.41) is 14.6. The lowest BCUT2D eigenvalue weighted by Gasteiger charge is -2.24. The van der Waals surface area contributed by atoms with E-state index in [0.29, 0.717) is 6.42 Å². The van der Waals surface area contributed by atoms with Gasteiger partial charge >= 0.3 is 11.9 Å². The monoisotopic (exact) mass is 320 g/mol. The molecule has 0 unspecified atom stereocenters. The number of benzene rings is 1. The molecule has 7 nitrogen and oxygen atoms in total. The molecule has 1 aliphatic heterocycles. The van der Waals surface area contributed by atoms with Crippen LogP contribution in [0.15, 0.2) is 30.3 Å². The lowest BCUT2D eigenvalue weighted by atomic mass is 10.0. The second-order valence-electron chi connectivity index (χ2n) is 5.51. The molecule has 0 aliphatic carbocycles. The second-order valence-corrected chi connectivity index (χ2v) is 5.51. The lowest BCUT2D eigenvalue weighted by molar-refractivity contribution is -0.143. The van der Waals surface area contributed by atoms with Gasteiger partial charge in [-0.15, -0.1) is 0 Å². The number of carboxylic acids is 1. The van der Waals surface area contributed by atoms with Crippen molar-refractivity contribution in [1.82, 2.24) is 10.6 Å². The van der Waals surface area contributed by atoms with Gasteiger partial charge in [0.2, 0.25) is 5.91 Å². The van der Waals surface area contributed by atoms with E-state index in [-0.39, 0.29) is 18.7 Å². The van der Waals surface area contributed by atoms with Crippen LogP contribution in [-0.4, -0.2) is 48.2 Å². The number of hydrogen-bond donors (Lipinski definition) is 3. The first-order chi connectivity index (χ1) is 11.0. The van der Waals surface area contributed by atoms with Crippen molar-refractivity contribution in [3.8, 4) is 0 Å². The van der Waals surface area contributed by atoms with Crippen molar-refractivity contribution in [2.24, 2.45) is 0 Å². The molecule has 0 bridgehead atoms. The molecular weight excluding hydrogens is 300 g/mol. The van der Waals surface area contributed by atoms with Crippen LogP contribution in [0.5, 0.6) is 0 Å². The van der Waals surface area contributed by atoms with Gasteiger partial charge in [0.1, 0.15) is 6.04 Å². The molecule has 23 heavy (non-hydrogen) atoms. The maximum atomic E-state index is 12.0. The van der Waals surface area contributed by atoms with Crippen molar-refractivity contribution in [2.75, 3.05) is 7.11 Å². The van der Waals surface area contributed by atoms with Crippen LogP contribution in [0.4, 0.5) is 0 Å². The van der Waals surface area contributed by atoms with E-state index in [2.05, 4.69) is 10.6 Å². The van der Waals surface area contributed by atoms with Crippen molar-refractivity contribution in [2.45, 2.75) is 37.4 Å². The number of carbonyl (C=O) groups is 3. The Labute approximate surface area is 134 Å². The molecule has 0 aromatic heterocycles. The third kappa shape index (κ3) is 4.79. The van der Waals surface area contributed by atoms with Crippen LogP contribution in [0.1, 0.15) is 18.4 Å². The molecule has 3 N–H and O–H groups in total. The van der Waals surface area contributed by atoms with Crippen LogP contribution in [-0.2, 0) is 25.5 Å². The Morgan fingerprint density at radius 2 is 2.09 bits per heavy atom. The molecule has 1 aliphatic rings. The summed E-state index contributed by atoms with van der Waals surface area (Å²) in [6, 6.07) is 7.81. The molecule has 1 amide bonds. The fourth-order valence-corrected chi connectivity index (χ4v) is 2.73. The molecule has 1 fully saturated rings. The number of aliphatic carboxylic acids is 1. The van der Waals surface area contributed by atoms with Gasteiger partial charge in [0.15, 0.2) is 0 Å². The standard InChI is InChI=1S/C16H20N2O5/c1-23-16(22)13(7-10-5-3-2-4-6-10)17-11-8-14(19)18-12(11)9-15(20)21/h2-6,11-13,17H,7-9H2,1H3,(H,18,19)(H,20,21)/t11-,12+,13-/m0/s1. The number of nitrogens with one attached hydrogen (secondary N) is 2. The van der Waals surface area contributed by atoms with Gasteiger partial charge in [-0.25, -0.2) is 0 Å². The molecule has 1 aromatic rings. The van der Waals surface area contributed by atoms with Gasteiger partial charge in [-0.2, -0.15) is 0 Å². The van der Waals surface area contributed by atoms with Crippen molar-refractivity contribution in [3.05, 3.63) is 35.9 Å². The summed E-state index contributed by atoms with van der Waals surface area (Å²) in [6.45, 7) is 0. The maximum absolute atomic E-state index is 12.0. The highest BCUT2D eigenvalue weighted by Gasteiger charge is 2.36. The number of carbonyl (C=O) groups excluding carboxylic acids is 2. The Balaban J connectivity index is 2.08. The minimum Gasteiger partial charge on any atom is -0.481 e. The van der Waals surface area contributed by atoms with Crippen LogP contribution < -0.4 is 10.6 Å². The summed E-state index contributed by atoms with van der Waals surface area (Å²) in [5.74, 6) is -1.67. The van der Waals surface area contributed by atoms with Crippen molar-refractivity contribution >= 4 is 17.8 Å². The quantitative estimate of drug-likeness (QED) is 0.615. The summed E-state index contributed by atoms with van der Waals surface area (Å²) < 4.78 is 4.81. The third-order valence-corrected chi connectivity index (χ3v) is 3.82. The van der Waals surface area contributed by atoms with Crippen LogP contribution in [0.3, 0.4) is 0 Å². The minimum absolute atomic E-state index is 0.139. The summed E-state index contributed by atoms with van der Waals surface area (Å²) in [5.41, 5.74) is 0.947. The van der Waals surface area contributed by atoms with Crippen LogP contribution >= 0.6 is 0 Å². The molecule has 1 aromatic carbocycles. The van der Waals surface area contributed by atoms with Gasteiger partial charge in [-0.05, 0) is 12.0 Å². The normalized spacial score (nSPS) is 21.5. The summed E-state index contributed by atoms with van der Waals surface area (Å²) >= 11 is 0. The third-order valence-electron chi connectivity index (χ3n) is 3.82. The maximum Gasteiger partial charge on any atom is 0.323 e. The summed E-state index contributed by atoms with van der Waals surface area (Å²) in [4.78, 5) is 34.5. The van der Waals surface area contributed by atoms with E-state index in [1.165, 1.54) is 7.11 Å². The van der Waals surface area contributed by atoms with Crippen molar-refractivity contribution in [1.29, 1.82) is 0 Å². The van der Waals surface area contributed by atoms with Gasteiger partial charge < -0.3 is 15.2 Å². The zero-order valence-corrected chi connectivity index (χ0v) is 12.8. The van der Waals surface area contributed by atoms with E-state index in [4.69, 9.17) is 9.84 Å². The molecule has 1 heterocycles. The van der Waals surface area contributed by atoms with Gasteiger partial charge in [-0.3, -0.25) is 19.7 Å². The zero-order valence-electron chi connectivity index (χ0n) is 12.8. The molecule has 2 rings (SSSR count). The molecule has 7 heteroatoms. The smallest absolute Gasteiger partial charge is 0.323 e. The molecule has 0 radical (unpaired) electrons. The molecule has 124 valence electrons. The van der Waals surface area contributed by atoms with Crippen LogP contribution in [0.25, 0.3) is 0 Å². The Morgan fingerprint density at radius 3 is 2.70 bits per heavy atom. The van der Waals surface area contributed by atoms with E-state index >= 15 is 0 Å². The largest absolute Gasteiger partial charge is 0.481 e. The van der Waals surface area contributed by atoms with Gasteiger partial charge in [0, 0.05) is 12.5 Å². The van der Waals surface area contributed by atoms with E-state index in [1.54, 1.807) is 0 Å². The Morgan fingerprint density at radius 1 is 1.39 bits per heavy atom. The number of hydrogen-bond acceptors (Lipinski definition) is 5. The number of methoxy groups -OCH3 is 1. The van der Waals surface area contributed by atoms with E-state index in [0.717, 1.165) is 5.56 Å². The second kappa shape index (κ2) is 7.73. The molecule has 0 spiro atoms. The Kier molecular flexibility index (Phi) is 5.70.